The van der Waals surface area contributed by atoms with Gasteiger partial charge in [-0.2, -0.15) is 0 Å². The largest absolute Gasteiger partial charge is 0.462 e. The summed E-state index contributed by atoms with van der Waals surface area (Å²) in [7, 11) is 0. The molecule has 8 heteroatoms. The third kappa shape index (κ3) is 4.56. The van der Waals surface area contributed by atoms with E-state index in [-0.39, 0.29) is 23.4 Å². The molecule has 0 aliphatic carbocycles. The number of halogens is 1. The number of aryl methyl sites for hydroxylation is 1. The first-order valence-electron chi connectivity index (χ1n) is 10.3. The number of carbonyl (C=O) groups is 2. The number of nitrogens with one attached hydrogen (secondary N) is 1. The summed E-state index contributed by atoms with van der Waals surface area (Å²) in [6.45, 7) is 5.65. The van der Waals surface area contributed by atoms with Crippen LogP contribution in [0.25, 0.3) is 11.0 Å². The Labute approximate surface area is 193 Å². The second kappa shape index (κ2) is 9.38. The van der Waals surface area contributed by atoms with Crippen LogP contribution >= 0.6 is 11.3 Å². The lowest BCUT2D eigenvalue weighted by molar-refractivity contribution is 0.0527. The minimum atomic E-state index is -0.587. The van der Waals surface area contributed by atoms with E-state index in [1.54, 1.807) is 37.3 Å². The van der Waals surface area contributed by atoms with E-state index in [0.29, 0.717) is 21.5 Å². The minimum Gasteiger partial charge on any atom is -0.462 e. The molecule has 0 unspecified atom stereocenters. The normalized spacial score (nSPS) is 11.6. The summed E-state index contributed by atoms with van der Waals surface area (Å²) < 4.78 is 25.3. The molecule has 2 heterocycles. The molecule has 2 aromatic heterocycles. The lowest BCUT2D eigenvalue weighted by atomic mass is 10.1. The number of esters is 1. The molecule has 33 heavy (non-hydrogen) atoms. The monoisotopic (exact) mass is 464 g/mol. The van der Waals surface area contributed by atoms with E-state index in [9.17, 15) is 14.0 Å². The molecule has 0 spiro atoms. The second-order valence-corrected chi connectivity index (χ2v) is 8.44. The Morgan fingerprint density at radius 2 is 1.85 bits per heavy atom. The predicted molar refractivity (Wildman–Crippen MR) is 126 cm³/mol. The molecular weight excluding hydrogens is 443 g/mol. The van der Waals surface area contributed by atoms with E-state index in [4.69, 9.17) is 9.15 Å². The second-order valence-electron chi connectivity index (χ2n) is 7.23. The number of benzene rings is 2. The van der Waals surface area contributed by atoms with Gasteiger partial charge in [0.2, 0.25) is 5.55 Å². The zero-order valence-electron chi connectivity index (χ0n) is 18.3. The third-order valence-corrected chi connectivity index (χ3v) is 6.17. The van der Waals surface area contributed by atoms with Crippen LogP contribution in [0.15, 0.2) is 64.0 Å². The van der Waals surface area contributed by atoms with E-state index >= 15 is 0 Å². The van der Waals surface area contributed by atoms with Crippen molar-refractivity contribution in [3.05, 3.63) is 87.5 Å². The molecular formula is C25H21FN2O4S. The molecule has 6 nitrogen and oxygen atoms in total. The Hall–Kier alpha value is -3.78. The van der Waals surface area contributed by atoms with Crippen LogP contribution in [0.1, 0.15) is 38.1 Å². The topological polar surface area (TPSA) is 80.9 Å². The van der Waals surface area contributed by atoms with Gasteiger partial charge in [-0.25, -0.2) is 14.2 Å². The van der Waals surface area contributed by atoms with Crippen molar-refractivity contribution in [1.29, 1.82) is 0 Å². The minimum absolute atomic E-state index is 0.00865. The van der Waals surface area contributed by atoms with E-state index in [1.807, 2.05) is 19.9 Å². The summed E-state index contributed by atoms with van der Waals surface area (Å²) in [5.41, 5.74) is 1.77. The number of nitrogens with zero attached hydrogens (tertiary/aromatic N) is 1. The average Bonchev–Trinajstić information content (AvgIpc) is 3.07. The molecule has 0 saturated carbocycles. The molecule has 0 radical (unpaired) electrons. The van der Waals surface area contributed by atoms with Crippen LogP contribution in [-0.2, 0) is 4.74 Å². The molecule has 0 saturated heterocycles. The molecule has 0 fully saturated rings. The maximum atomic E-state index is 14.1. The van der Waals surface area contributed by atoms with Crippen LogP contribution < -0.4 is 10.9 Å². The number of thiophene rings is 1. The van der Waals surface area contributed by atoms with Crippen molar-refractivity contribution in [3.8, 4) is 0 Å². The van der Waals surface area contributed by atoms with Crippen molar-refractivity contribution in [2.75, 3.05) is 11.9 Å². The molecule has 0 aliphatic rings. The summed E-state index contributed by atoms with van der Waals surface area (Å²) in [6.07, 6.45) is 0. The molecule has 2 aromatic carbocycles. The van der Waals surface area contributed by atoms with Gasteiger partial charge in [-0.1, -0.05) is 30.3 Å². The number of hydrogen-bond acceptors (Lipinski definition) is 6. The number of carbonyl (C=O) groups excluding carboxylic acids is 2. The summed E-state index contributed by atoms with van der Waals surface area (Å²) in [4.78, 5) is 31.2. The van der Waals surface area contributed by atoms with Gasteiger partial charge in [0.15, 0.2) is 0 Å². The van der Waals surface area contributed by atoms with Crippen molar-refractivity contribution in [3.63, 3.8) is 0 Å². The highest BCUT2D eigenvalue weighted by Gasteiger charge is 2.22. The summed E-state index contributed by atoms with van der Waals surface area (Å²) >= 11 is 1.30. The summed E-state index contributed by atoms with van der Waals surface area (Å²) in [5.74, 6) is -1.64. The predicted octanol–water partition coefficient (Wildman–Crippen LogP) is 5.91. The highest BCUT2D eigenvalue weighted by molar-refractivity contribution is 7.16. The van der Waals surface area contributed by atoms with E-state index in [1.165, 1.54) is 29.5 Å². The smallest absolute Gasteiger partial charge is 0.341 e. The molecule has 1 amide bonds. The average molecular weight is 465 g/mol. The number of ether oxygens (including phenoxy) is 1. The first kappa shape index (κ1) is 22.4. The van der Waals surface area contributed by atoms with Gasteiger partial charge in [-0.05, 0) is 50.6 Å². The number of fused-ring (bicyclic) bond motifs is 1. The van der Waals surface area contributed by atoms with E-state index < -0.39 is 17.7 Å². The van der Waals surface area contributed by atoms with Crippen molar-refractivity contribution < 1.29 is 23.1 Å². The van der Waals surface area contributed by atoms with E-state index in [2.05, 4.69) is 10.3 Å². The Balaban J connectivity index is 1.90. The van der Waals surface area contributed by atoms with Crippen molar-refractivity contribution in [2.45, 2.75) is 20.8 Å². The van der Waals surface area contributed by atoms with Crippen LogP contribution in [-0.4, -0.2) is 18.5 Å². The third-order valence-electron chi connectivity index (χ3n) is 5.07. The van der Waals surface area contributed by atoms with Crippen molar-refractivity contribution >= 4 is 44.9 Å². The van der Waals surface area contributed by atoms with Crippen LogP contribution in [0.5, 0.6) is 0 Å². The van der Waals surface area contributed by atoms with Crippen molar-refractivity contribution in [1.82, 2.24) is 0 Å². The zero-order valence-corrected chi connectivity index (χ0v) is 19.1. The summed E-state index contributed by atoms with van der Waals surface area (Å²) in [6, 6.07) is 14.7. The summed E-state index contributed by atoms with van der Waals surface area (Å²) in [5, 5.41) is 3.63. The lowest BCUT2D eigenvalue weighted by Gasteiger charge is -2.08. The number of anilines is 1. The maximum absolute atomic E-state index is 14.1. The quantitative estimate of drug-likeness (QED) is 0.372. The van der Waals surface area contributed by atoms with Crippen molar-refractivity contribution in [2.24, 2.45) is 4.99 Å². The molecule has 4 rings (SSSR count). The van der Waals surface area contributed by atoms with Gasteiger partial charge >= 0.3 is 5.97 Å². The van der Waals surface area contributed by atoms with Gasteiger partial charge in [0.1, 0.15) is 22.0 Å². The van der Waals surface area contributed by atoms with E-state index in [0.717, 1.165) is 10.4 Å². The highest BCUT2D eigenvalue weighted by atomic mass is 32.1. The first-order chi connectivity index (χ1) is 15.9. The van der Waals surface area contributed by atoms with Crippen LogP contribution in [0.4, 0.5) is 15.1 Å². The maximum Gasteiger partial charge on any atom is 0.341 e. The molecule has 0 bridgehead atoms. The van der Waals surface area contributed by atoms with Gasteiger partial charge in [0.25, 0.3) is 5.91 Å². The Bertz CT molecular complexity index is 1440. The number of hydrogen-bond donors (Lipinski definition) is 1. The standard InChI is InChI=1S/C25H21FN2O4S/c1-4-31-25(30)21-14(2)15(3)33-24(21)28-23-17(13-16-9-5-8-12-20(16)32-23)22(29)27-19-11-7-6-10-18(19)26/h5-13H,4H2,1-3H3,(H,27,29)/b28-23-. The van der Waals surface area contributed by atoms with Crippen LogP contribution in [0, 0.1) is 19.7 Å². The highest BCUT2D eigenvalue weighted by Crippen LogP contribution is 2.35. The van der Waals surface area contributed by atoms with Gasteiger partial charge < -0.3 is 14.5 Å². The molecule has 4 aromatic rings. The van der Waals surface area contributed by atoms with Gasteiger partial charge in [-0.3, -0.25) is 4.79 Å². The molecule has 168 valence electrons. The van der Waals surface area contributed by atoms with Gasteiger partial charge in [0.05, 0.1) is 17.9 Å². The Morgan fingerprint density at radius 3 is 2.61 bits per heavy atom. The van der Waals surface area contributed by atoms with Gasteiger partial charge in [0, 0.05) is 10.3 Å². The molecule has 0 aliphatic heterocycles. The van der Waals surface area contributed by atoms with Gasteiger partial charge in [-0.15, -0.1) is 11.3 Å². The Morgan fingerprint density at radius 1 is 1.12 bits per heavy atom. The Kier molecular flexibility index (Phi) is 6.37. The SMILES string of the molecule is CCOC(=O)c1c(/N=c2\oc3ccccc3cc2C(=O)Nc2ccccc2F)sc(C)c1C. The fourth-order valence-corrected chi connectivity index (χ4v) is 4.30. The number of amides is 1. The number of para-hydroxylation sites is 2. The fourth-order valence-electron chi connectivity index (χ4n) is 3.29. The molecule has 0 atom stereocenters. The van der Waals surface area contributed by atoms with Crippen LogP contribution in [0.3, 0.4) is 0 Å². The lowest BCUT2D eigenvalue weighted by Crippen LogP contribution is -2.22. The fraction of sp³-hybridized carbons (Fsp3) is 0.160. The first-order valence-corrected chi connectivity index (χ1v) is 11.1. The molecule has 1 N–H and O–H groups in total. The zero-order chi connectivity index (χ0) is 23.5. The van der Waals surface area contributed by atoms with Crippen LogP contribution in [0.2, 0.25) is 0 Å². The number of rotatable bonds is 5.